The largest absolute Gasteiger partial charge is 0.384 e. The lowest BCUT2D eigenvalue weighted by molar-refractivity contribution is -0.138. The summed E-state index contributed by atoms with van der Waals surface area (Å²) in [6.07, 6.45) is 8.79. The van der Waals surface area contributed by atoms with Gasteiger partial charge in [0.2, 0.25) is 5.91 Å². The SMILES string of the molecule is CC(C)(O)c1cn(C2CN(C(=O)CC3CCCCC3)C2)nn1. The number of hydrogen-bond acceptors (Lipinski definition) is 4. The van der Waals surface area contributed by atoms with Crippen molar-refractivity contribution >= 4 is 5.91 Å². The Morgan fingerprint density at radius 1 is 1.32 bits per heavy atom. The fraction of sp³-hybridized carbons (Fsp3) is 0.812. The first-order valence-electron chi connectivity index (χ1n) is 8.36. The molecule has 2 aliphatic rings. The maximum atomic E-state index is 12.3. The molecule has 1 aromatic heterocycles. The normalized spacial score (nSPS) is 21.0. The molecule has 1 N–H and O–H groups in total. The number of hydrogen-bond donors (Lipinski definition) is 1. The Balaban J connectivity index is 1.49. The summed E-state index contributed by atoms with van der Waals surface area (Å²) >= 11 is 0. The molecule has 122 valence electrons. The number of rotatable bonds is 4. The molecule has 0 radical (unpaired) electrons. The van der Waals surface area contributed by atoms with Gasteiger partial charge in [-0.2, -0.15) is 0 Å². The third kappa shape index (κ3) is 3.32. The molecule has 2 fully saturated rings. The van der Waals surface area contributed by atoms with Crippen LogP contribution in [0.5, 0.6) is 0 Å². The lowest BCUT2D eigenvalue weighted by Gasteiger charge is -2.39. The van der Waals surface area contributed by atoms with Gasteiger partial charge < -0.3 is 10.0 Å². The maximum absolute atomic E-state index is 12.3. The summed E-state index contributed by atoms with van der Waals surface area (Å²) in [7, 11) is 0. The van der Waals surface area contributed by atoms with Crippen LogP contribution in [-0.2, 0) is 10.4 Å². The topological polar surface area (TPSA) is 71.2 Å². The fourth-order valence-corrected chi connectivity index (χ4v) is 3.33. The number of carbonyl (C=O) groups excluding carboxylic acids is 1. The van der Waals surface area contributed by atoms with Crippen LogP contribution in [0.3, 0.4) is 0 Å². The first-order valence-corrected chi connectivity index (χ1v) is 8.36. The average Bonchev–Trinajstić information content (AvgIpc) is 2.87. The zero-order valence-electron chi connectivity index (χ0n) is 13.5. The van der Waals surface area contributed by atoms with Gasteiger partial charge in [0.05, 0.1) is 12.2 Å². The molecule has 1 aliphatic heterocycles. The van der Waals surface area contributed by atoms with Crippen molar-refractivity contribution in [1.29, 1.82) is 0 Å². The minimum absolute atomic E-state index is 0.193. The molecule has 3 rings (SSSR count). The van der Waals surface area contributed by atoms with E-state index < -0.39 is 5.60 Å². The Morgan fingerprint density at radius 3 is 2.59 bits per heavy atom. The van der Waals surface area contributed by atoms with Gasteiger partial charge in [-0.1, -0.05) is 24.5 Å². The number of aromatic nitrogens is 3. The molecular weight excluding hydrogens is 280 g/mol. The molecule has 1 saturated carbocycles. The van der Waals surface area contributed by atoms with Gasteiger partial charge in [-0.3, -0.25) is 4.79 Å². The standard InChI is InChI=1S/C16H26N4O2/c1-16(2,22)14-11-20(18-17-14)13-9-19(10-13)15(21)8-12-6-4-3-5-7-12/h11-13,22H,3-10H2,1-2H3. The quantitative estimate of drug-likeness (QED) is 0.921. The van der Waals surface area contributed by atoms with Crippen molar-refractivity contribution in [1.82, 2.24) is 19.9 Å². The second-order valence-electron chi connectivity index (χ2n) is 7.30. The predicted molar refractivity (Wildman–Crippen MR) is 82.1 cm³/mol. The molecule has 0 spiro atoms. The molecule has 1 amide bonds. The lowest BCUT2D eigenvalue weighted by Crippen LogP contribution is -2.51. The summed E-state index contributed by atoms with van der Waals surface area (Å²) in [5.41, 5.74) is -0.405. The summed E-state index contributed by atoms with van der Waals surface area (Å²) in [6.45, 7) is 4.81. The van der Waals surface area contributed by atoms with Gasteiger partial charge in [0, 0.05) is 19.5 Å². The van der Waals surface area contributed by atoms with Gasteiger partial charge in [-0.15, -0.1) is 5.10 Å². The third-order valence-corrected chi connectivity index (χ3v) is 4.91. The van der Waals surface area contributed by atoms with Crippen molar-refractivity contribution in [2.45, 2.75) is 64.0 Å². The second-order valence-corrected chi connectivity index (χ2v) is 7.30. The Morgan fingerprint density at radius 2 is 2.00 bits per heavy atom. The summed E-state index contributed by atoms with van der Waals surface area (Å²) in [5, 5.41) is 18.0. The monoisotopic (exact) mass is 306 g/mol. The predicted octanol–water partition coefficient (Wildman–Crippen LogP) is 1.86. The van der Waals surface area contributed by atoms with E-state index in [4.69, 9.17) is 0 Å². The minimum Gasteiger partial charge on any atom is -0.384 e. The van der Waals surface area contributed by atoms with Gasteiger partial charge in [0.1, 0.15) is 11.3 Å². The number of nitrogens with zero attached hydrogens (tertiary/aromatic N) is 4. The Bertz CT molecular complexity index is 522. The molecule has 1 aromatic rings. The second kappa shape index (κ2) is 5.99. The van der Waals surface area contributed by atoms with E-state index in [2.05, 4.69) is 10.3 Å². The van der Waals surface area contributed by atoms with Crippen LogP contribution in [0.25, 0.3) is 0 Å². The number of likely N-dealkylation sites (tertiary alicyclic amines) is 1. The van der Waals surface area contributed by atoms with E-state index in [1.165, 1.54) is 32.1 Å². The molecule has 0 bridgehead atoms. The van der Waals surface area contributed by atoms with Crippen molar-refractivity contribution in [3.63, 3.8) is 0 Å². The summed E-state index contributed by atoms with van der Waals surface area (Å²) < 4.78 is 1.78. The molecular formula is C16H26N4O2. The van der Waals surface area contributed by atoms with Gasteiger partial charge in [-0.05, 0) is 32.6 Å². The highest BCUT2D eigenvalue weighted by atomic mass is 16.3. The number of aliphatic hydroxyl groups is 1. The van der Waals surface area contributed by atoms with E-state index in [0.29, 0.717) is 31.1 Å². The van der Waals surface area contributed by atoms with Gasteiger partial charge in [-0.25, -0.2) is 4.68 Å². The van der Waals surface area contributed by atoms with Crippen LogP contribution in [0, 0.1) is 5.92 Å². The molecule has 0 unspecified atom stereocenters. The van der Waals surface area contributed by atoms with E-state index in [0.717, 1.165) is 0 Å². The first-order chi connectivity index (χ1) is 10.4. The van der Waals surface area contributed by atoms with Crippen LogP contribution in [0.15, 0.2) is 6.20 Å². The van der Waals surface area contributed by atoms with E-state index in [1.807, 2.05) is 4.90 Å². The van der Waals surface area contributed by atoms with E-state index in [1.54, 1.807) is 24.7 Å². The summed E-state index contributed by atoms with van der Waals surface area (Å²) in [4.78, 5) is 14.2. The Labute approximate surface area is 131 Å². The summed E-state index contributed by atoms with van der Waals surface area (Å²) in [5.74, 6) is 0.874. The maximum Gasteiger partial charge on any atom is 0.222 e. The van der Waals surface area contributed by atoms with Crippen LogP contribution >= 0.6 is 0 Å². The smallest absolute Gasteiger partial charge is 0.222 e. The van der Waals surface area contributed by atoms with Crippen LogP contribution in [-0.4, -0.2) is 44.0 Å². The fourth-order valence-electron chi connectivity index (χ4n) is 3.33. The molecule has 1 aliphatic carbocycles. The van der Waals surface area contributed by atoms with Crippen LogP contribution in [0.2, 0.25) is 0 Å². The number of carbonyl (C=O) groups is 1. The van der Waals surface area contributed by atoms with Crippen molar-refractivity contribution in [2.75, 3.05) is 13.1 Å². The van der Waals surface area contributed by atoms with Crippen molar-refractivity contribution < 1.29 is 9.90 Å². The van der Waals surface area contributed by atoms with Gasteiger partial charge >= 0.3 is 0 Å². The molecule has 22 heavy (non-hydrogen) atoms. The molecule has 6 heteroatoms. The molecule has 0 aromatic carbocycles. The Kier molecular flexibility index (Phi) is 4.21. The Hall–Kier alpha value is -1.43. The van der Waals surface area contributed by atoms with Crippen molar-refractivity contribution in [3.8, 4) is 0 Å². The van der Waals surface area contributed by atoms with Crippen LogP contribution in [0.1, 0.15) is 64.1 Å². The molecule has 2 heterocycles. The van der Waals surface area contributed by atoms with Crippen molar-refractivity contribution in [2.24, 2.45) is 5.92 Å². The highest BCUT2D eigenvalue weighted by Crippen LogP contribution is 2.29. The van der Waals surface area contributed by atoms with Gasteiger partial charge in [0.25, 0.3) is 0 Å². The lowest BCUT2D eigenvalue weighted by atomic mass is 9.86. The highest BCUT2D eigenvalue weighted by Gasteiger charge is 2.34. The van der Waals surface area contributed by atoms with Crippen molar-refractivity contribution in [3.05, 3.63) is 11.9 Å². The zero-order chi connectivity index (χ0) is 15.7. The first kappa shape index (κ1) is 15.5. The zero-order valence-corrected chi connectivity index (χ0v) is 13.5. The summed E-state index contributed by atoms with van der Waals surface area (Å²) in [6, 6.07) is 0.193. The van der Waals surface area contributed by atoms with E-state index in [-0.39, 0.29) is 11.9 Å². The van der Waals surface area contributed by atoms with Crippen LogP contribution < -0.4 is 0 Å². The van der Waals surface area contributed by atoms with E-state index in [9.17, 15) is 9.90 Å². The molecule has 6 nitrogen and oxygen atoms in total. The number of amides is 1. The van der Waals surface area contributed by atoms with E-state index >= 15 is 0 Å². The third-order valence-electron chi connectivity index (χ3n) is 4.91. The van der Waals surface area contributed by atoms with Crippen LogP contribution in [0.4, 0.5) is 0 Å². The molecule has 1 saturated heterocycles. The minimum atomic E-state index is -0.974. The highest BCUT2D eigenvalue weighted by molar-refractivity contribution is 5.77. The average molecular weight is 306 g/mol. The van der Waals surface area contributed by atoms with Gasteiger partial charge in [0.15, 0.2) is 0 Å². The molecule has 0 atom stereocenters.